The van der Waals surface area contributed by atoms with Gasteiger partial charge in [0.1, 0.15) is 5.56 Å². The van der Waals surface area contributed by atoms with Crippen LogP contribution >= 0.6 is 0 Å². The van der Waals surface area contributed by atoms with Crippen LogP contribution in [-0.2, 0) is 36.0 Å². The number of benzene rings is 2. The molecule has 0 spiro atoms. The third-order valence-corrected chi connectivity index (χ3v) is 8.63. The SMILES string of the molecule is COC(=O)c1cc2c([nH]c1=O)C[C@]13CCN(Cc4ccccc4)[C@H](Cc4ccc(C)cc41)[C@]3(O)C2. The molecule has 2 bridgehead atoms. The molecular weight excluding hydrogens is 440 g/mol. The molecular formula is C29H30N2O4. The number of likely N-dealkylation sites (tertiary alicyclic amines) is 1. The Bertz CT molecular complexity index is 1380. The molecule has 6 nitrogen and oxygen atoms in total. The van der Waals surface area contributed by atoms with E-state index in [1.165, 1.54) is 29.4 Å². The molecule has 1 fully saturated rings. The number of ether oxygens (including phenoxy) is 1. The molecule has 0 radical (unpaired) electrons. The fourth-order valence-corrected chi connectivity index (χ4v) is 6.93. The number of carbonyl (C=O) groups is 1. The van der Waals surface area contributed by atoms with Crippen LogP contribution in [0.2, 0.25) is 0 Å². The molecule has 1 aliphatic heterocycles. The van der Waals surface area contributed by atoms with E-state index in [-0.39, 0.29) is 11.6 Å². The summed E-state index contributed by atoms with van der Waals surface area (Å²) in [5.41, 5.74) is 4.56. The zero-order valence-electron chi connectivity index (χ0n) is 20.1. The molecule has 2 aliphatic carbocycles. The highest BCUT2D eigenvalue weighted by molar-refractivity contribution is 5.89. The summed E-state index contributed by atoms with van der Waals surface area (Å²) in [5, 5.41) is 12.7. The molecule has 0 amide bonds. The molecule has 0 saturated carbocycles. The van der Waals surface area contributed by atoms with Crippen molar-refractivity contribution in [2.24, 2.45) is 0 Å². The topological polar surface area (TPSA) is 82.6 Å². The van der Waals surface area contributed by atoms with E-state index in [2.05, 4.69) is 59.3 Å². The van der Waals surface area contributed by atoms with Crippen LogP contribution in [-0.4, -0.2) is 46.3 Å². The van der Waals surface area contributed by atoms with Gasteiger partial charge in [0.15, 0.2) is 0 Å². The van der Waals surface area contributed by atoms with Crippen LogP contribution in [0.25, 0.3) is 0 Å². The Morgan fingerprint density at radius 1 is 1.14 bits per heavy atom. The second-order valence-electron chi connectivity index (χ2n) is 10.5. The maximum atomic E-state index is 12.7. The number of hydrogen-bond acceptors (Lipinski definition) is 5. The van der Waals surface area contributed by atoms with Crippen molar-refractivity contribution >= 4 is 5.97 Å². The van der Waals surface area contributed by atoms with Gasteiger partial charge in [-0.2, -0.15) is 0 Å². The summed E-state index contributed by atoms with van der Waals surface area (Å²) in [6.07, 6.45) is 2.49. The van der Waals surface area contributed by atoms with Gasteiger partial charge < -0.3 is 14.8 Å². The Balaban J connectivity index is 1.51. The van der Waals surface area contributed by atoms with Gasteiger partial charge in [0.25, 0.3) is 5.56 Å². The van der Waals surface area contributed by atoms with Crippen LogP contribution in [0.3, 0.4) is 0 Å². The van der Waals surface area contributed by atoms with Crippen molar-refractivity contribution < 1.29 is 14.6 Å². The third-order valence-electron chi connectivity index (χ3n) is 8.63. The summed E-state index contributed by atoms with van der Waals surface area (Å²) in [5.74, 6) is -0.656. The van der Waals surface area contributed by atoms with Gasteiger partial charge in [-0.15, -0.1) is 0 Å². The van der Waals surface area contributed by atoms with E-state index in [9.17, 15) is 14.7 Å². The molecule has 2 N–H and O–H groups in total. The maximum Gasteiger partial charge on any atom is 0.343 e. The summed E-state index contributed by atoms with van der Waals surface area (Å²) < 4.78 is 4.83. The molecule has 2 aromatic carbocycles. The number of hydrogen-bond donors (Lipinski definition) is 2. The summed E-state index contributed by atoms with van der Waals surface area (Å²) in [4.78, 5) is 30.4. The molecule has 2 heterocycles. The molecule has 6 heteroatoms. The monoisotopic (exact) mass is 470 g/mol. The van der Waals surface area contributed by atoms with E-state index in [0.29, 0.717) is 12.8 Å². The quantitative estimate of drug-likeness (QED) is 0.575. The number of esters is 1. The number of carbonyl (C=O) groups excluding carboxylic acids is 1. The first-order chi connectivity index (χ1) is 16.8. The van der Waals surface area contributed by atoms with Crippen LogP contribution in [0.1, 0.15) is 50.3 Å². The van der Waals surface area contributed by atoms with Crippen molar-refractivity contribution in [3.8, 4) is 0 Å². The van der Waals surface area contributed by atoms with E-state index >= 15 is 0 Å². The summed E-state index contributed by atoms with van der Waals surface area (Å²) in [6.45, 7) is 3.74. The number of piperidine rings is 1. The number of rotatable bonds is 3. The number of H-pyrrole nitrogens is 1. The van der Waals surface area contributed by atoms with Crippen LogP contribution in [0, 0.1) is 6.92 Å². The number of aromatic amines is 1. The van der Waals surface area contributed by atoms with Gasteiger partial charge in [-0.05, 0) is 54.6 Å². The van der Waals surface area contributed by atoms with E-state index in [1.807, 2.05) is 6.07 Å². The standard InChI is InChI=1S/C29H30N2O4/c1-18-8-9-20-14-25-29(34)15-21-13-22(27(33)35-2)26(32)30-24(21)16-28(29,23(20)12-18)10-11-31(25)17-19-6-4-3-5-7-19/h3-9,12-13,25,34H,10-11,14-17H2,1-2H3,(H,30,32)/t25-,28-,29-/m1/s1. The molecule has 1 saturated heterocycles. The average Bonchev–Trinajstić information content (AvgIpc) is 2.85. The number of methoxy groups -OCH3 is 1. The number of aryl methyl sites for hydroxylation is 1. The van der Waals surface area contributed by atoms with Crippen molar-refractivity contribution in [3.05, 3.63) is 104 Å². The van der Waals surface area contributed by atoms with Crippen molar-refractivity contribution in [2.45, 2.75) is 56.2 Å². The maximum absolute atomic E-state index is 12.7. The predicted molar refractivity (Wildman–Crippen MR) is 133 cm³/mol. The highest BCUT2D eigenvalue weighted by Crippen LogP contribution is 2.56. The summed E-state index contributed by atoms with van der Waals surface area (Å²) in [7, 11) is 1.27. The minimum atomic E-state index is -1.03. The highest BCUT2D eigenvalue weighted by Gasteiger charge is 2.64. The first-order valence-electron chi connectivity index (χ1n) is 12.3. The second kappa shape index (κ2) is 7.90. The summed E-state index contributed by atoms with van der Waals surface area (Å²) >= 11 is 0. The van der Waals surface area contributed by atoms with Gasteiger partial charge >= 0.3 is 5.97 Å². The molecule has 3 aliphatic rings. The Kier molecular flexibility index (Phi) is 5.02. The van der Waals surface area contributed by atoms with Crippen molar-refractivity contribution in [2.75, 3.05) is 13.7 Å². The number of aliphatic hydroxyl groups is 1. The molecule has 3 aromatic rings. The Morgan fingerprint density at radius 2 is 1.94 bits per heavy atom. The number of nitrogens with zero attached hydrogens (tertiary/aromatic N) is 1. The molecule has 0 unspecified atom stereocenters. The van der Waals surface area contributed by atoms with Gasteiger partial charge in [0.05, 0.1) is 12.7 Å². The summed E-state index contributed by atoms with van der Waals surface area (Å²) in [6, 6.07) is 18.6. The van der Waals surface area contributed by atoms with Gasteiger partial charge in [-0.25, -0.2) is 4.79 Å². The lowest BCUT2D eigenvalue weighted by atomic mass is 9.49. The number of pyridine rings is 1. The van der Waals surface area contributed by atoms with Crippen LogP contribution < -0.4 is 5.56 Å². The lowest BCUT2D eigenvalue weighted by molar-refractivity contribution is -0.153. The van der Waals surface area contributed by atoms with E-state index in [1.54, 1.807) is 6.07 Å². The zero-order valence-corrected chi connectivity index (χ0v) is 20.1. The Hall–Kier alpha value is -3.22. The smallest absolute Gasteiger partial charge is 0.343 e. The predicted octanol–water partition coefficient (Wildman–Crippen LogP) is 3.07. The minimum absolute atomic E-state index is 0.0100. The average molecular weight is 471 g/mol. The second-order valence-corrected chi connectivity index (χ2v) is 10.5. The highest BCUT2D eigenvalue weighted by atomic mass is 16.5. The fourth-order valence-electron chi connectivity index (χ4n) is 6.93. The molecule has 1 aromatic heterocycles. The van der Waals surface area contributed by atoms with E-state index in [4.69, 9.17) is 4.74 Å². The van der Waals surface area contributed by atoms with Crippen LogP contribution in [0.4, 0.5) is 0 Å². The Labute approximate surface area is 204 Å². The number of aromatic nitrogens is 1. The lowest BCUT2D eigenvalue weighted by Gasteiger charge is -2.63. The molecule has 35 heavy (non-hydrogen) atoms. The first kappa shape index (κ1) is 22.3. The van der Waals surface area contributed by atoms with Gasteiger partial charge in [0, 0.05) is 36.5 Å². The van der Waals surface area contributed by atoms with Gasteiger partial charge in [-0.3, -0.25) is 9.69 Å². The largest absolute Gasteiger partial charge is 0.465 e. The third kappa shape index (κ3) is 3.23. The lowest BCUT2D eigenvalue weighted by Crippen LogP contribution is -2.74. The van der Waals surface area contributed by atoms with Crippen molar-refractivity contribution in [1.82, 2.24) is 9.88 Å². The van der Waals surface area contributed by atoms with Gasteiger partial charge in [-0.1, -0.05) is 54.1 Å². The van der Waals surface area contributed by atoms with Crippen LogP contribution in [0.5, 0.6) is 0 Å². The molecule has 6 rings (SSSR count). The fraction of sp³-hybridized carbons (Fsp3) is 0.379. The van der Waals surface area contributed by atoms with Gasteiger partial charge in [0.2, 0.25) is 0 Å². The number of nitrogens with one attached hydrogen (secondary N) is 1. The number of fused-ring (bicyclic) bond motifs is 2. The molecule has 180 valence electrons. The van der Waals surface area contributed by atoms with Crippen LogP contribution in [0.15, 0.2) is 59.4 Å². The minimum Gasteiger partial charge on any atom is -0.465 e. The van der Waals surface area contributed by atoms with Crippen molar-refractivity contribution in [1.29, 1.82) is 0 Å². The Morgan fingerprint density at radius 3 is 2.71 bits per heavy atom. The van der Waals surface area contributed by atoms with Crippen molar-refractivity contribution in [3.63, 3.8) is 0 Å². The zero-order chi connectivity index (χ0) is 24.4. The van der Waals surface area contributed by atoms with E-state index in [0.717, 1.165) is 37.2 Å². The normalized spacial score (nSPS) is 26.9. The first-order valence-corrected chi connectivity index (χ1v) is 12.3. The van der Waals surface area contributed by atoms with E-state index < -0.39 is 22.5 Å². The molecule has 3 atom stereocenters.